The predicted molar refractivity (Wildman–Crippen MR) is 94.5 cm³/mol. The number of pyridine rings is 1. The van der Waals surface area contributed by atoms with Gasteiger partial charge in [0.15, 0.2) is 5.82 Å². The number of nitrogens with zero attached hydrogens (tertiary/aromatic N) is 4. The van der Waals surface area contributed by atoms with Crippen molar-refractivity contribution in [3.63, 3.8) is 0 Å². The second-order valence-corrected chi connectivity index (χ2v) is 5.35. The molecule has 0 fully saturated rings. The van der Waals surface area contributed by atoms with Crippen LogP contribution in [-0.4, -0.2) is 48.3 Å². The van der Waals surface area contributed by atoms with Crippen molar-refractivity contribution in [2.45, 2.75) is 0 Å². The van der Waals surface area contributed by atoms with Gasteiger partial charge in [0.05, 0.1) is 0 Å². The SMILES string of the molecule is CN(C)CCOC(=O)Nc1ccc(/N=N/c2ccccc2O)c(N)n1. The van der Waals surface area contributed by atoms with E-state index in [1.54, 1.807) is 24.3 Å². The lowest BCUT2D eigenvalue weighted by molar-refractivity contribution is 0.151. The zero-order chi connectivity index (χ0) is 18.2. The molecule has 9 nitrogen and oxygen atoms in total. The molecule has 0 spiro atoms. The van der Waals surface area contributed by atoms with Crippen LogP contribution in [0.4, 0.5) is 27.8 Å². The Morgan fingerprint density at radius 1 is 1.24 bits per heavy atom. The highest BCUT2D eigenvalue weighted by molar-refractivity contribution is 5.84. The molecule has 0 aliphatic rings. The van der Waals surface area contributed by atoms with Gasteiger partial charge in [-0.2, -0.15) is 0 Å². The van der Waals surface area contributed by atoms with E-state index >= 15 is 0 Å². The summed E-state index contributed by atoms with van der Waals surface area (Å²) in [6, 6.07) is 9.62. The molecule has 4 N–H and O–H groups in total. The smallest absolute Gasteiger partial charge is 0.412 e. The lowest BCUT2D eigenvalue weighted by Crippen LogP contribution is -2.22. The second-order valence-electron chi connectivity index (χ2n) is 5.35. The largest absolute Gasteiger partial charge is 0.506 e. The lowest BCUT2D eigenvalue weighted by atomic mass is 10.3. The Morgan fingerprint density at radius 3 is 2.64 bits per heavy atom. The van der Waals surface area contributed by atoms with Gasteiger partial charge >= 0.3 is 6.09 Å². The molecular weight excluding hydrogens is 324 g/mol. The van der Waals surface area contributed by atoms with Gasteiger partial charge in [0, 0.05) is 6.54 Å². The predicted octanol–water partition coefficient (Wildman–Crippen LogP) is 2.89. The number of phenols is 1. The number of nitrogen functional groups attached to an aromatic ring is 1. The number of nitrogens with one attached hydrogen (secondary N) is 1. The number of azo groups is 1. The molecule has 0 bridgehead atoms. The maximum atomic E-state index is 11.6. The number of ether oxygens (including phenoxy) is 1. The fraction of sp³-hybridized carbons (Fsp3) is 0.250. The van der Waals surface area contributed by atoms with E-state index in [-0.39, 0.29) is 24.0 Å². The number of likely N-dealkylation sites (N-methyl/N-ethyl adjacent to an activating group) is 1. The Bertz CT molecular complexity index is 763. The standard InChI is InChI=1S/C16H20N6O3/c1-22(2)9-10-25-16(24)19-14-8-7-12(15(17)18-14)21-20-11-5-3-4-6-13(11)23/h3-8,23H,9-10H2,1-2H3,(H3,17,18,19,24)/b21-20+. The van der Waals surface area contributed by atoms with Crippen LogP contribution >= 0.6 is 0 Å². The van der Waals surface area contributed by atoms with Crippen LogP contribution in [-0.2, 0) is 4.74 Å². The minimum atomic E-state index is -0.614. The number of anilines is 2. The number of benzene rings is 1. The summed E-state index contributed by atoms with van der Waals surface area (Å²) < 4.78 is 5.00. The first-order chi connectivity index (χ1) is 12.0. The van der Waals surface area contributed by atoms with Crippen molar-refractivity contribution in [1.29, 1.82) is 0 Å². The highest BCUT2D eigenvalue weighted by Crippen LogP contribution is 2.29. The number of aromatic hydroxyl groups is 1. The molecule has 0 atom stereocenters. The fourth-order valence-electron chi connectivity index (χ4n) is 1.74. The Labute approximate surface area is 145 Å². The van der Waals surface area contributed by atoms with Gasteiger partial charge in [-0.3, -0.25) is 5.32 Å². The molecule has 1 aromatic carbocycles. The molecule has 0 aliphatic heterocycles. The third kappa shape index (κ3) is 5.74. The lowest BCUT2D eigenvalue weighted by Gasteiger charge is -2.10. The van der Waals surface area contributed by atoms with E-state index in [0.29, 0.717) is 17.9 Å². The van der Waals surface area contributed by atoms with Crippen LogP contribution in [0.3, 0.4) is 0 Å². The number of hydrogen-bond donors (Lipinski definition) is 3. The van der Waals surface area contributed by atoms with Crippen LogP contribution < -0.4 is 11.1 Å². The fourth-order valence-corrected chi connectivity index (χ4v) is 1.74. The Morgan fingerprint density at radius 2 is 1.96 bits per heavy atom. The van der Waals surface area contributed by atoms with Gasteiger partial charge in [0.25, 0.3) is 0 Å². The molecule has 1 aromatic heterocycles. The van der Waals surface area contributed by atoms with Gasteiger partial charge in [-0.1, -0.05) is 12.1 Å². The van der Waals surface area contributed by atoms with Crippen molar-refractivity contribution in [3.8, 4) is 5.75 Å². The number of phenolic OH excluding ortho intramolecular Hbond substituents is 1. The van der Waals surface area contributed by atoms with Crippen LogP contribution in [0.2, 0.25) is 0 Å². The van der Waals surface area contributed by atoms with Crippen LogP contribution in [0, 0.1) is 0 Å². The molecule has 132 valence electrons. The maximum absolute atomic E-state index is 11.6. The zero-order valence-corrected chi connectivity index (χ0v) is 14.0. The van der Waals surface area contributed by atoms with E-state index in [0.717, 1.165) is 0 Å². The van der Waals surface area contributed by atoms with Crippen molar-refractivity contribution in [1.82, 2.24) is 9.88 Å². The second kappa shape index (κ2) is 8.60. The zero-order valence-electron chi connectivity index (χ0n) is 14.0. The van der Waals surface area contributed by atoms with E-state index in [4.69, 9.17) is 10.5 Å². The molecule has 0 unspecified atom stereocenters. The van der Waals surface area contributed by atoms with Crippen LogP contribution in [0.25, 0.3) is 0 Å². The molecule has 0 aliphatic carbocycles. The van der Waals surface area contributed by atoms with Crippen molar-refractivity contribution in [3.05, 3.63) is 36.4 Å². The van der Waals surface area contributed by atoms with E-state index < -0.39 is 6.09 Å². The van der Waals surface area contributed by atoms with Crippen LogP contribution in [0.1, 0.15) is 0 Å². The highest BCUT2D eigenvalue weighted by Gasteiger charge is 2.07. The minimum absolute atomic E-state index is 0.0107. The molecule has 2 rings (SSSR count). The molecule has 1 amide bonds. The van der Waals surface area contributed by atoms with Crippen molar-refractivity contribution >= 4 is 29.1 Å². The number of aromatic nitrogens is 1. The topological polar surface area (TPSA) is 125 Å². The van der Waals surface area contributed by atoms with Crippen molar-refractivity contribution < 1.29 is 14.6 Å². The summed E-state index contributed by atoms with van der Waals surface area (Å²) in [4.78, 5) is 17.6. The quantitative estimate of drug-likeness (QED) is 0.692. The summed E-state index contributed by atoms with van der Waals surface area (Å²) in [6.45, 7) is 0.885. The van der Waals surface area contributed by atoms with E-state index in [9.17, 15) is 9.90 Å². The molecule has 1 heterocycles. The third-order valence-corrected chi connectivity index (χ3v) is 3.05. The summed E-state index contributed by atoms with van der Waals surface area (Å²) in [5.74, 6) is 0.343. The van der Waals surface area contributed by atoms with Gasteiger partial charge in [0.2, 0.25) is 0 Å². The van der Waals surface area contributed by atoms with Crippen molar-refractivity contribution in [2.24, 2.45) is 10.2 Å². The normalized spacial score (nSPS) is 11.0. The summed E-state index contributed by atoms with van der Waals surface area (Å²) in [6.07, 6.45) is -0.614. The molecule has 0 saturated carbocycles. The number of nitrogens with two attached hydrogens (primary N) is 1. The van der Waals surface area contributed by atoms with Gasteiger partial charge < -0.3 is 20.5 Å². The first-order valence-electron chi connectivity index (χ1n) is 7.50. The summed E-state index contributed by atoms with van der Waals surface area (Å²) in [5, 5.41) is 20.0. The average molecular weight is 344 g/mol. The number of hydrogen-bond acceptors (Lipinski definition) is 8. The first-order valence-corrected chi connectivity index (χ1v) is 7.50. The van der Waals surface area contributed by atoms with Gasteiger partial charge in [-0.15, -0.1) is 10.2 Å². The van der Waals surface area contributed by atoms with E-state index in [2.05, 4.69) is 20.5 Å². The highest BCUT2D eigenvalue weighted by atomic mass is 16.5. The number of carbonyl (C=O) groups excluding carboxylic acids is 1. The van der Waals surface area contributed by atoms with Crippen molar-refractivity contribution in [2.75, 3.05) is 38.3 Å². The van der Waals surface area contributed by atoms with Gasteiger partial charge in [0.1, 0.15) is 29.5 Å². The number of carbonyl (C=O) groups is 1. The number of amides is 1. The molecular formula is C16H20N6O3. The molecule has 9 heteroatoms. The van der Waals surface area contributed by atoms with Gasteiger partial charge in [-0.05, 0) is 38.4 Å². The van der Waals surface area contributed by atoms with Crippen LogP contribution in [0.5, 0.6) is 5.75 Å². The minimum Gasteiger partial charge on any atom is -0.506 e. The molecule has 0 saturated heterocycles. The average Bonchev–Trinajstić information content (AvgIpc) is 2.55. The summed E-state index contributed by atoms with van der Waals surface area (Å²) in [7, 11) is 3.76. The first kappa shape index (κ1) is 18.1. The monoisotopic (exact) mass is 344 g/mol. The Balaban J connectivity index is 1.98. The Kier molecular flexibility index (Phi) is 6.24. The maximum Gasteiger partial charge on any atom is 0.412 e. The number of para-hydroxylation sites is 1. The Hall–Kier alpha value is -3.20. The third-order valence-electron chi connectivity index (χ3n) is 3.05. The molecule has 2 aromatic rings. The molecule has 25 heavy (non-hydrogen) atoms. The van der Waals surface area contributed by atoms with E-state index in [1.165, 1.54) is 12.1 Å². The summed E-state index contributed by atoms with van der Waals surface area (Å²) in [5.41, 5.74) is 6.44. The number of rotatable bonds is 6. The molecule has 0 radical (unpaired) electrons. The van der Waals surface area contributed by atoms with Crippen LogP contribution in [0.15, 0.2) is 46.6 Å². The van der Waals surface area contributed by atoms with E-state index in [1.807, 2.05) is 19.0 Å². The van der Waals surface area contributed by atoms with Gasteiger partial charge in [-0.25, -0.2) is 9.78 Å². The summed E-state index contributed by atoms with van der Waals surface area (Å²) >= 11 is 0.